The molecule has 162 valence electrons. The van der Waals surface area contributed by atoms with Crippen molar-refractivity contribution in [3.63, 3.8) is 0 Å². The zero-order chi connectivity index (χ0) is 22.4. The van der Waals surface area contributed by atoms with Gasteiger partial charge in [0.05, 0.1) is 17.7 Å². The number of alkyl halides is 3. The van der Waals surface area contributed by atoms with Crippen molar-refractivity contribution < 1.29 is 31.9 Å². The first-order valence-corrected chi connectivity index (χ1v) is 9.64. The van der Waals surface area contributed by atoms with Crippen molar-refractivity contribution in [1.82, 2.24) is 0 Å². The van der Waals surface area contributed by atoms with Crippen LogP contribution in [0.15, 0.2) is 65.1 Å². The number of ether oxygens (including phenoxy) is 1. The Morgan fingerprint density at radius 3 is 2.45 bits per heavy atom. The Kier molecular flexibility index (Phi) is 6.79. The van der Waals surface area contributed by atoms with E-state index in [-0.39, 0.29) is 17.1 Å². The molecule has 0 fully saturated rings. The first-order chi connectivity index (χ1) is 14.8. The van der Waals surface area contributed by atoms with Crippen LogP contribution in [-0.4, -0.2) is 18.5 Å². The number of esters is 1. The maximum absolute atomic E-state index is 12.9. The van der Waals surface area contributed by atoms with Gasteiger partial charge >= 0.3 is 12.1 Å². The number of carbonyl (C=O) groups excluding carboxylic acids is 2. The monoisotopic (exact) mass is 431 g/mol. The van der Waals surface area contributed by atoms with Crippen molar-refractivity contribution in [1.29, 1.82) is 0 Å². The van der Waals surface area contributed by atoms with Gasteiger partial charge in [-0.1, -0.05) is 25.5 Å². The second-order valence-electron chi connectivity index (χ2n) is 6.76. The first kappa shape index (κ1) is 22.1. The second-order valence-corrected chi connectivity index (χ2v) is 6.76. The highest BCUT2D eigenvalue weighted by molar-refractivity contribution is 6.02. The van der Waals surface area contributed by atoms with Gasteiger partial charge < -0.3 is 14.5 Å². The van der Waals surface area contributed by atoms with Crippen LogP contribution in [0.4, 0.5) is 18.9 Å². The van der Waals surface area contributed by atoms with E-state index in [1.807, 2.05) is 6.92 Å². The summed E-state index contributed by atoms with van der Waals surface area (Å²) in [5.74, 6) is -0.934. The zero-order valence-corrected chi connectivity index (χ0v) is 16.7. The van der Waals surface area contributed by atoms with Gasteiger partial charge in [-0.2, -0.15) is 13.2 Å². The topological polar surface area (TPSA) is 68.5 Å². The van der Waals surface area contributed by atoms with Gasteiger partial charge in [-0.15, -0.1) is 0 Å². The summed E-state index contributed by atoms with van der Waals surface area (Å²) >= 11 is 0. The molecule has 3 rings (SSSR count). The van der Waals surface area contributed by atoms with Crippen molar-refractivity contribution in [2.75, 3.05) is 11.9 Å². The van der Waals surface area contributed by atoms with Crippen LogP contribution in [0.2, 0.25) is 0 Å². The largest absolute Gasteiger partial charge is 0.462 e. The smallest absolute Gasteiger partial charge is 0.416 e. The molecule has 0 aliphatic heterocycles. The minimum absolute atomic E-state index is 0.0598. The number of unbranched alkanes of at least 4 members (excludes halogenated alkanes) is 1. The van der Waals surface area contributed by atoms with Crippen LogP contribution in [0.3, 0.4) is 0 Å². The van der Waals surface area contributed by atoms with Crippen LogP contribution in [0.25, 0.3) is 11.3 Å². The average Bonchev–Trinajstić information content (AvgIpc) is 3.24. The maximum atomic E-state index is 12.9. The van der Waals surface area contributed by atoms with Gasteiger partial charge in [-0.05, 0) is 55.0 Å². The molecule has 0 aliphatic carbocycles. The number of benzene rings is 2. The average molecular weight is 431 g/mol. The van der Waals surface area contributed by atoms with Crippen molar-refractivity contribution in [3.8, 4) is 11.3 Å². The van der Waals surface area contributed by atoms with Crippen LogP contribution in [0, 0.1) is 0 Å². The number of hydrogen-bond donors (Lipinski definition) is 1. The SMILES string of the molecule is CCCCOC(=O)c1ccc(NC(=O)c2ccc(-c3cccc(C(F)(F)F)c3)o2)cc1. The number of rotatable bonds is 7. The van der Waals surface area contributed by atoms with E-state index in [2.05, 4.69) is 5.32 Å². The van der Waals surface area contributed by atoms with E-state index < -0.39 is 23.6 Å². The Balaban J connectivity index is 1.66. The van der Waals surface area contributed by atoms with Gasteiger partial charge in [-0.3, -0.25) is 4.79 Å². The van der Waals surface area contributed by atoms with E-state index in [0.717, 1.165) is 25.0 Å². The van der Waals surface area contributed by atoms with Gasteiger partial charge in [0.15, 0.2) is 5.76 Å². The predicted molar refractivity (Wildman–Crippen MR) is 109 cm³/mol. The molecular formula is C23H20F3NO4. The number of furan rings is 1. The molecule has 1 aromatic heterocycles. The molecule has 1 amide bonds. The molecule has 0 saturated heterocycles. The van der Waals surface area contributed by atoms with Gasteiger partial charge in [0.2, 0.25) is 0 Å². The van der Waals surface area contributed by atoms with Gasteiger partial charge in [-0.25, -0.2) is 4.79 Å². The molecule has 1 N–H and O–H groups in total. The summed E-state index contributed by atoms with van der Waals surface area (Å²) in [4.78, 5) is 24.3. The van der Waals surface area contributed by atoms with Crippen molar-refractivity contribution in [3.05, 3.63) is 77.6 Å². The fourth-order valence-electron chi connectivity index (χ4n) is 2.74. The molecule has 1 heterocycles. The Labute approximate surface area is 176 Å². The number of nitrogens with one attached hydrogen (secondary N) is 1. The molecule has 3 aromatic rings. The maximum Gasteiger partial charge on any atom is 0.416 e. The lowest BCUT2D eigenvalue weighted by Crippen LogP contribution is -2.11. The fourth-order valence-corrected chi connectivity index (χ4v) is 2.74. The summed E-state index contributed by atoms with van der Waals surface area (Å²) in [6.45, 7) is 2.34. The quantitative estimate of drug-likeness (QED) is 0.359. The van der Waals surface area contributed by atoms with Crippen LogP contribution >= 0.6 is 0 Å². The summed E-state index contributed by atoms with van der Waals surface area (Å²) in [6, 6.07) is 13.6. The summed E-state index contributed by atoms with van der Waals surface area (Å²) < 4.78 is 49.2. The fraction of sp³-hybridized carbons (Fsp3) is 0.217. The highest BCUT2D eigenvalue weighted by Crippen LogP contribution is 2.32. The Hall–Kier alpha value is -3.55. The van der Waals surface area contributed by atoms with Crippen molar-refractivity contribution >= 4 is 17.6 Å². The molecule has 0 aliphatic rings. The van der Waals surface area contributed by atoms with E-state index in [0.29, 0.717) is 17.9 Å². The van der Waals surface area contributed by atoms with E-state index in [4.69, 9.17) is 9.15 Å². The zero-order valence-electron chi connectivity index (χ0n) is 16.7. The highest BCUT2D eigenvalue weighted by Gasteiger charge is 2.30. The third-order valence-corrected chi connectivity index (χ3v) is 4.41. The van der Waals surface area contributed by atoms with Crippen molar-refractivity contribution in [2.45, 2.75) is 25.9 Å². The lowest BCUT2D eigenvalue weighted by Gasteiger charge is -2.07. The Morgan fingerprint density at radius 1 is 1.03 bits per heavy atom. The normalized spacial score (nSPS) is 11.2. The number of anilines is 1. The van der Waals surface area contributed by atoms with Crippen LogP contribution in [0.5, 0.6) is 0 Å². The number of amides is 1. The molecule has 0 unspecified atom stereocenters. The van der Waals surface area contributed by atoms with Crippen LogP contribution in [0.1, 0.15) is 46.2 Å². The molecule has 0 spiro atoms. The van der Waals surface area contributed by atoms with Crippen molar-refractivity contribution in [2.24, 2.45) is 0 Å². The van der Waals surface area contributed by atoms with Gasteiger partial charge in [0.25, 0.3) is 5.91 Å². The van der Waals surface area contributed by atoms with E-state index >= 15 is 0 Å². The van der Waals surface area contributed by atoms with E-state index in [1.165, 1.54) is 36.4 Å². The lowest BCUT2D eigenvalue weighted by molar-refractivity contribution is -0.137. The predicted octanol–water partition coefficient (Wildman–Crippen LogP) is 6.17. The lowest BCUT2D eigenvalue weighted by atomic mass is 10.1. The molecule has 31 heavy (non-hydrogen) atoms. The Morgan fingerprint density at radius 2 is 1.77 bits per heavy atom. The number of hydrogen-bond acceptors (Lipinski definition) is 4. The third kappa shape index (κ3) is 5.75. The summed E-state index contributed by atoms with van der Waals surface area (Å²) in [5.41, 5.74) is 0.187. The summed E-state index contributed by atoms with van der Waals surface area (Å²) in [5, 5.41) is 2.61. The van der Waals surface area contributed by atoms with Gasteiger partial charge in [0.1, 0.15) is 5.76 Å². The first-order valence-electron chi connectivity index (χ1n) is 9.64. The van der Waals surface area contributed by atoms with E-state index in [1.54, 1.807) is 12.1 Å². The molecule has 2 aromatic carbocycles. The van der Waals surface area contributed by atoms with E-state index in [9.17, 15) is 22.8 Å². The standard InChI is InChI=1S/C23H20F3NO4/c1-2-3-13-30-22(29)15-7-9-18(10-8-15)27-21(28)20-12-11-19(31-20)16-5-4-6-17(14-16)23(24,25)26/h4-12,14H,2-3,13H2,1H3,(H,27,28). The highest BCUT2D eigenvalue weighted by atomic mass is 19.4. The molecule has 5 nitrogen and oxygen atoms in total. The molecule has 8 heteroatoms. The minimum atomic E-state index is -4.47. The Bertz CT molecular complexity index is 1060. The number of carbonyl (C=O) groups is 2. The molecule has 0 atom stereocenters. The summed E-state index contributed by atoms with van der Waals surface area (Å²) in [6.07, 6.45) is -2.77. The van der Waals surface area contributed by atoms with Crippen LogP contribution < -0.4 is 5.32 Å². The minimum Gasteiger partial charge on any atom is -0.462 e. The third-order valence-electron chi connectivity index (χ3n) is 4.41. The second kappa shape index (κ2) is 9.51. The molecular weight excluding hydrogens is 411 g/mol. The van der Waals surface area contributed by atoms with Crippen LogP contribution in [-0.2, 0) is 10.9 Å². The summed E-state index contributed by atoms with van der Waals surface area (Å²) in [7, 11) is 0. The number of halogens is 3. The van der Waals surface area contributed by atoms with Gasteiger partial charge in [0, 0.05) is 11.3 Å². The molecule has 0 saturated carbocycles. The molecule has 0 radical (unpaired) electrons. The molecule has 0 bridgehead atoms.